The number of carboxylic acid groups (broad SMARTS) is 3. The van der Waals surface area contributed by atoms with Crippen LogP contribution in [0, 0.1) is 49.4 Å². The Bertz CT molecular complexity index is 2640. The Labute approximate surface area is 448 Å². The number of carboxylic acids is 3. The van der Waals surface area contributed by atoms with Crippen LogP contribution in [-0.4, -0.2) is 85.5 Å². The van der Waals surface area contributed by atoms with E-state index in [1.807, 2.05) is 0 Å². The van der Waals surface area contributed by atoms with E-state index in [2.05, 4.69) is 30.9 Å². The van der Waals surface area contributed by atoms with Gasteiger partial charge in [0.2, 0.25) is 0 Å². The zero-order valence-electron chi connectivity index (χ0n) is 37.9. The van der Waals surface area contributed by atoms with E-state index < -0.39 is 70.8 Å². The average molecular weight is 1170 g/mol. The first-order chi connectivity index (χ1) is 33.7. The molecule has 0 unspecified atom stereocenters. The van der Waals surface area contributed by atoms with E-state index >= 15 is 0 Å². The van der Waals surface area contributed by atoms with E-state index in [0.717, 1.165) is 36.4 Å². The van der Waals surface area contributed by atoms with Crippen LogP contribution >= 0.6 is 0 Å². The number of hydrogen-bond donors (Lipinski definition) is 6. The molecule has 6 rings (SSSR count). The van der Waals surface area contributed by atoms with Crippen LogP contribution in [-0.2, 0) is 18.5 Å². The summed E-state index contributed by atoms with van der Waals surface area (Å²) in [6.45, 7) is 6.05. The number of halogens is 9. The number of rotatable bonds is 12. The van der Waals surface area contributed by atoms with Gasteiger partial charge in [-0.15, -0.1) is 0 Å². The molecule has 0 fully saturated rings. The number of aromatic nitrogens is 3. The Hall–Kier alpha value is -7.12. The van der Waals surface area contributed by atoms with Crippen LogP contribution in [0.5, 0.6) is 0 Å². The number of carbonyl (C=O) groups excluding carboxylic acids is 3. The maximum absolute atomic E-state index is 12.6. The normalized spacial score (nSPS) is 11.0. The minimum Gasteiger partial charge on any atom is -0.477 e. The second-order valence-corrected chi connectivity index (χ2v) is 14.6. The summed E-state index contributed by atoms with van der Waals surface area (Å²) >= 11 is 0. The maximum Gasteiger partial charge on any atom is 0.416 e. The molecule has 3 aromatic heterocycles. The summed E-state index contributed by atoms with van der Waals surface area (Å²) in [6, 6.07) is 20.2. The zero-order valence-corrected chi connectivity index (χ0v) is 40.4. The molecule has 0 aliphatic carbocycles. The number of pyridine rings is 3. The fourth-order valence-electron chi connectivity index (χ4n) is 6.08. The molecule has 3 aromatic carbocycles. The third-order valence-electron chi connectivity index (χ3n) is 9.48. The Kier molecular flexibility index (Phi) is 21.5. The molecule has 3 amide bonds. The van der Waals surface area contributed by atoms with Crippen LogP contribution < -0.4 is 16.0 Å². The summed E-state index contributed by atoms with van der Waals surface area (Å²) in [6.07, 6.45) is -13.4. The van der Waals surface area contributed by atoms with E-state index in [1.165, 1.54) is 72.8 Å². The monoisotopic (exact) mass is 1170 g/mol. The fourth-order valence-corrected chi connectivity index (χ4v) is 6.08. The minimum atomic E-state index is -4.46. The van der Waals surface area contributed by atoms with E-state index in [9.17, 15) is 68.3 Å². The van der Waals surface area contributed by atoms with Crippen molar-refractivity contribution in [3.8, 4) is 33.4 Å². The van der Waals surface area contributed by atoms with Crippen molar-refractivity contribution in [2.24, 2.45) is 0 Å². The van der Waals surface area contributed by atoms with Gasteiger partial charge in [0.1, 0.15) is 34.2 Å². The van der Waals surface area contributed by atoms with Crippen molar-refractivity contribution in [1.82, 2.24) is 30.9 Å². The molecule has 3 heterocycles. The van der Waals surface area contributed by atoms with Gasteiger partial charge in [0.25, 0.3) is 17.7 Å². The molecule has 25 heteroatoms. The van der Waals surface area contributed by atoms with Gasteiger partial charge in [-0.3, -0.25) is 14.4 Å². The summed E-state index contributed by atoms with van der Waals surface area (Å²) in [5.74, 6) is -5.70. The van der Waals surface area contributed by atoms with Gasteiger partial charge in [-0.1, -0.05) is 36.4 Å². The Balaban J connectivity index is 0.000000287. The number of carbonyl (C=O) groups is 6. The molecule has 15 nitrogen and oxygen atoms in total. The van der Waals surface area contributed by atoms with Crippen molar-refractivity contribution in [2.75, 3.05) is 19.6 Å². The number of nitrogens with zero attached hydrogens (tertiary/aromatic N) is 3. The van der Waals surface area contributed by atoms with Crippen LogP contribution in [0.25, 0.3) is 33.4 Å². The van der Waals surface area contributed by atoms with Crippen molar-refractivity contribution in [1.29, 1.82) is 0 Å². The first kappa shape index (κ1) is 60.2. The predicted molar refractivity (Wildman–Crippen MR) is 239 cm³/mol. The number of alkyl halides is 9. The SMILES string of the molecule is CCNC(=O)c1cc(-c2ccc(C(F)(F)F)cc2)cc(C(=O)O)n1.CCNC(=O)c1cc(-c2ccc(C(F)(F)F)cc2)cc(C(=O)O)n1.CCNC(=O)c1cc(-c2ccc(C(F)(F)F)cc2)cc(C(=O)O)n1.[Eu]. The molecule has 1 radical (unpaired) electrons. The van der Waals surface area contributed by atoms with Gasteiger partial charge < -0.3 is 31.3 Å². The molecule has 0 atom stereocenters. The Morgan fingerprint density at radius 2 is 0.562 bits per heavy atom. The minimum absolute atomic E-state index is 0. The molecule has 0 aliphatic rings. The van der Waals surface area contributed by atoms with Crippen LogP contribution in [0.4, 0.5) is 39.5 Å². The number of aromatic carboxylic acids is 3. The van der Waals surface area contributed by atoms with E-state index in [-0.39, 0.29) is 100 Å². The molecule has 0 saturated heterocycles. The van der Waals surface area contributed by atoms with Gasteiger partial charge in [0.05, 0.1) is 16.7 Å². The van der Waals surface area contributed by atoms with Crippen molar-refractivity contribution in [3.63, 3.8) is 0 Å². The van der Waals surface area contributed by atoms with Gasteiger partial charge in [-0.25, -0.2) is 29.3 Å². The van der Waals surface area contributed by atoms with Crippen molar-refractivity contribution >= 4 is 35.6 Å². The predicted octanol–water partition coefficient (Wildman–Crippen LogP) is 9.65. The maximum atomic E-state index is 12.6. The summed E-state index contributed by atoms with van der Waals surface area (Å²) in [5.41, 5.74) is -2.00. The van der Waals surface area contributed by atoms with Crippen LogP contribution in [0.3, 0.4) is 0 Å². The van der Waals surface area contributed by atoms with Crippen LogP contribution in [0.1, 0.15) is 100 Å². The largest absolute Gasteiger partial charge is 0.477 e. The zero-order chi connectivity index (χ0) is 53.7. The van der Waals surface area contributed by atoms with E-state index in [1.54, 1.807) is 20.8 Å². The summed E-state index contributed by atoms with van der Waals surface area (Å²) in [5, 5.41) is 34.8. The average Bonchev–Trinajstić information content (AvgIpc) is 3.33. The van der Waals surface area contributed by atoms with Crippen LogP contribution in [0.15, 0.2) is 109 Å². The molecule has 73 heavy (non-hydrogen) atoms. The second kappa shape index (κ2) is 26.0. The smallest absolute Gasteiger partial charge is 0.416 e. The van der Waals surface area contributed by atoms with Crippen molar-refractivity contribution in [3.05, 3.63) is 160 Å². The van der Waals surface area contributed by atoms with Crippen molar-refractivity contribution in [2.45, 2.75) is 39.3 Å². The third kappa shape index (κ3) is 17.3. The summed E-state index contributed by atoms with van der Waals surface area (Å²) < 4.78 is 113. The standard InChI is InChI=1S/3C16H13F3N2O3.Eu/c3*1-2-20-14(22)12-7-10(8-13(21-12)15(23)24)9-3-5-11(6-4-9)16(17,18)19;/h3*3-8H,2H2,1H3,(H,20,22)(H,23,24);. The van der Waals surface area contributed by atoms with Gasteiger partial charge in [0, 0.05) is 69.0 Å². The number of nitrogens with one attached hydrogen (secondary N) is 3. The summed E-state index contributed by atoms with van der Waals surface area (Å²) in [4.78, 5) is 80.3. The quantitative estimate of drug-likeness (QED) is 0.0628. The molecular weight excluding hydrogens is 1130 g/mol. The fraction of sp³-hybridized carbons (Fsp3) is 0.188. The van der Waals surface area contributed by atoms with Gasteiger partial charge in [-0.05, 0) is 127 Å². The molecule has 385 valence electrons. The van der Waals surface area contributed by atoms with E-state index in [0.29, 0.717) is 36.3 Å². The number of amides is 3. The van der Waals surface area contributed by atoms with Gasteiger partial charge in [-0.2, -0.15) is 39.5 Å². The molecule has 6 N–H and O–H groups in total. The number of benzene rings is 3. The second-order valence-electron chi connectivity index (χ2n) is 14.6. The van der Waals surface area contributed by atoms with Crippen molar-refractivity contribution < 1.29 is 133 Å². The molecule has 0 saturated carbocycles. The molecule has 0 spiro atoms. The molecule has 0 bridgehead atoms. The molecular formula is C48H39EuF9N6O9. The first-order valence-corrected chi connectivity index (χ1v) is 20.8. The topological polar surface area (TPSA) is 238 Å². The van der Waals surface area contributed by atoms with Gasteiger partial charge in [0.15, 0.2) is 0 Å². The first-order valence-electron chi connectivity index (χ1n) is 20.8. The van der Waals surface area contributed by atoms with E-state index in [4.69, 9.17) is 15.3 Å². The summed E-state index contributed by atoms with van der Waals surface area (Å²) in [7, 11) is 0. The third-order valence-corrected chi connectivity index (χ3v) is 9.48. The Morgan fingerprint density at radius 1 is 0.370 bits per heavy atom. The molecule has 6 aromatic rings. The Morgan fingerprint density at radius 3 is 0.726 bits per heavy atom. The van der Waals surface area contributed by atoms with Crippen LogP contribution in [0.2, 0.25) is 0 Å². The van der Waals surface area contributed by atoms with Gasteiger partial charge >= 0.3 is 36.4 Å². The molecule has 0 aliphatic heterocycles. The number of hydrogen-bond acceptors (Lipinski definition) is 9.